The summed E-state index contributed by atoms with van der Waals surface area (Å²) in [5.74, 6) is -0.0507. The summed E-state index contributed by atoms with van der Waals surface area (Å²) >= 11 is 0. The standard InChI is InChI=1S/C19H30N2O.BrH/c1-4-19(22)20-18(15-10-16-21(2)3)14-9-8-13-17-11-6-5-7-12-17;/h4-7,11-12,18H,1,8-10,13-16H2,2-3H3,(H,20,22);1H. The molecule has 130 valence electrons. The fourth-order valence-corrected chi connectivity index (χ4v) is 2.62. The van der Waals surface area contributed by atoms with Gasteiger partial charge in [-0.05, 0) is 43.7 Å². The van der Waals surface area contributed by atoms with E-state index in [1.165, 1.54) is 23.0 Å². The van der Waals surface area contributed by atoms with Crippen LogP contribution < -0.4 is 27.2 Å². The molecule has 1 aromatic rings. The molecule has 0 bridgehead atoms. The van der Waals surface area contributed by atoms with Crippen molar-refractivity contribution >= 4 is 5.91 Å². The Bertz CT molecular complexity index is 434. The second kappa shape index (κ2) is 13.3. The van der Waals surface area contributed by atoms with Crippen LogP contribution in [0.15, 0.2) is 43.0 Å². The van der Waals surface area contributed by atoms with Crippen LogP contribution >= 0.6 is 0 Å². The number of nitrogens with one attached hydrogen (secondary N) is 2. The predicted molar refractivity (Wildman–Crippen MR) is 93.0 cm³/mol. The number of amides is 1. The largest absolute Gasteiger partial charge is 1.00 e. The maximum Gasteiger partial charge on any atom is 0.243 e. The highest BCUT2D eigenvalue weighted by Gasteiger charge is 2.11. The number of hydrogen-bond acceptors (Lipinski definition) is 1. The van der Waals surface area contributed by atoms with Gasteiger partial charge in [-0.1, -0.05) is 43.3 Å². The van der Waals surface area contributed by atoms with Gasteiger partial charge < -0.3 is 27.2 Å². The third-order valence-electron chi connectivity index (χ3n) is 3.87. The molecule has 1 unspecified atom stereocenters. The molecule has 0 radical (unpaired) electrons. The van der Waals surface area contributed by atoms with Crippen LogP contribution in [0.4, 0.5) is 0 Å². The van der Waals surface area contributed by atoms with E-state index in [0.29, 0.717) is 0 Å². The van der Waals surface area contributed by atoms with Crippen LogP contribution in [-0.4, -0.2) is 32.6 Å². The Labute approximate surface area is 151 Å². The molecular formula is C19H31BrN2O. The maximum atomic E-state index is 11.5. The number of benzene rings is 1. The van der Waals surface area contributed by atoms with Crippen LogP contribution in [0, 0.1) is 0 Å². The van der Waals surface area contributed by atoms with Crippen molar-refractivity contribution in [3.05, 3.63) is 48.6 Å². The van der Waals surface area contributed by atoms with Gasteiger partial charge in [0.15, 0.2) is 0 Å². The zero-order valence-electron chi connectivity index (χ0n) is 14.5. The molecule has 0 aliphatic heterocycles. The van der Waals surface area contributed by atoms with Crippen molar-refractivity contribution in [3.8, 4) is 0 Å². The van der Waals surface area contributed by atoms with Crippen molar-refractivity contribution in [1.82, 2.24) is 5.32 Å². The highest BCUT2D eigenvalue weighted by molar-refractivity contribution is 5.87. The Kier molecular flexibility index (Phi) is 12.7. The molecule has 1 aromatic carbocycles. The molecule has 0 aliphatic rings. The Hall–Kier alpha value is -1.13. The van der Waals surface area contributed by atoms with Crippen LogP contribution in [0.25, 0.3) is 0 Å². The molecule has 4 heteroatoms. The summed E-state index contributed by atoms with van der Waals surface area (Å²) < 4.78 is 0. The molecule has 1 atom stereocenters. The number of quaternary nitrogens is 1. The summed E-state index contributed by atoms with van der Waals surface area (Å²) in [5.41, 5.74) is 1.39. The zero-order chi connectivity index (χ0) is 16.2. The summed E-state index contributed by atoms with van der Waals surface area (Å²) in [6.07, 6.45) is 8.04. The average Bonchev–Trinajstić information content (AvgIpc) is 2.51. The number of rotatable bonds is 11. The predicted octanol–water partition coefficient (Wildman–Crippen LogP) is -1.00. The molecule has 0 fully saturated rings. The second-order valence-electron chi connectivity index (χ2n) is 6.24. The van der Waals surface area contributed by atoms with Gasteiger partial charge in [-0.25, -0.2) is 0 Å². The lowest BCUT2D eigenvalue weighted by molar-refractivity contribution is -0.858. The quantitative estimate of drug-likeness (QED) is 0.373. The summed E-state index contributed by atoms with van der Waals surface area (Å²) in [4.78, 5) is 13.0. The maximum absolute atomic E-state index is 11.5. The molecule has 0 saturated heterocycles. The minimum Gasteiger partial charge on any atom is -1.00 e. The van der Waals surface area contributed by atoms with Crippen molar-refractivity contribution in [2.75, 3.05) is 20.6 Å². The lowest BCUT2D eigenvalue weighted by atomic mass is 10.0. The highest BCUT2D eigenvalue weighted by Crippen LogP contribution is 2.10. The highest BCUT2D eigenvalue weighted by atomic mass is 79.9. The van der Waals surface area contributed by atoms with Gasteiger partial charge in [-0.15, -0.1) is 0 Å². The van der Waals surface area contributed by atoms with Gasteiger partial charge in [-0.2, -0.15) is 0 Å². The number of unbranched alkanes of at least 4 members (excludes halogenated alkanes) is 1. The smallest absolute Gasteiger partial charge is 0.243 e. The molecule has 1 amide bonds. The van der Waals surface area contributed by atoms with Crippen LogP contribution in [0.5, 0.6) is 0 Å². The third kappa shape index (κ3) is 11.1. The first kappa shape index (κ1) is 21.9. The number of hydrogen-bond donors (Lipinski definition) is 2. The van der Waals surface area contributed by atoms with E-state index in [9.17, 15) is 4.79 Å². The van der Waals surface area contributed by atoms with E-state index >= 15 is 0 Å². The summed E-state index contributed by atoms with van der Waals surface area (Å²) in [5, 5.41) is 3.07. The minimum atomic E-state index is -0.0507. The van der Waals surface area contributed by atoms with Crippen molar-refractivity contribution in [2.24, 2.45) is 0 Å². The monoisotopic (exact) mass is 382 g/mol. The lowest BCUT2D eigenvalue weighted by Gasteiger charge is -2.18. The van der Waals surface area contributed by atoms with Crippen LogP contribution in [0.1, 0.15) is 37.7 Å². The van der Waals surface area contributed by atoms with Gasteiger partial charge in [-0.3, -0.25) is 4.79 Å². The first-order valence-electron chi connectivity index (χ1n) is 8.37. The summed E-state index contributed by atoms with van der Waals surface area (Å²) in [6.45, 7) is 4.69. The number of carbonyl (C=O) groups excluding carboxylic acids is 1. The van der Waals surface area contributed by atoms with Crippen molar-refractivity contribution in [3.63, 3.8) is 0 Å². The van der Waals surface area contributed by atoms with E-state index in [1.54, 1.807) is 0 Å². The van der Waals surface area contributed by atoms with E-state index in [2.05, 4.69) is 56.3 Å². The van der Waals surface area contributed by atoms with Crippen molar-refractivity contribution in [2.45, 2.75) is 44.6 Å². The molecule has 1 rings (SSSR count). The molecule has 3 nitrogen and oxygen atoms in total. The fraction of sp³-hybridized carbons (Fsp3) is 0.526. The Morgan fingerprint density at radius 1 is 1.17 bits per heavy atom. The van der Waals surface area contributed by atoms with Crippen LogP contribution in [-0.2, 0) is 11.2 Å². The van der Waals surface area contributed by atoms with Gasteiger partial charge in [0.2, 0.25) is 5.91 Å². The molecular weight excluding hydrogens is 352 g/mol. The summed E-state index contributed by atoms with van der Waals surface area (Å²) in [6, 6.07) is 10.9. The Morgan fingerprint density at radius 3 is 2.43 bits per heavy atom. The van der Waals surface area contributed by atoms with E-state index < -0.39 is 0 Å². The number of carbonyl (C=O) groups is 1. The van der Waals surface area contributed by atoms with Gasteiger partial charge in [0.05, 0.1) is 20.6 Å². The Morgan fingerprint density at radius 2 is 1.83 bits per heavy atom. The summed E-state index contributed by atoms with van der Waals surface area (Å²) in [7, 11) is 4.33. The SMILES string of the molecule is C=CC(=O)NC(CCCCc1ccccc1)CCC[NH+](C)C.[Br-]. The van der Waals surface area contributed by atoms with E-state index in [1.807, 2.05) is 0 Å². The van der Waals surface area contributed by atoms with E-state index in [0.717, 1.165) is 38.6 Å². The molecule has 2 N–H and O–H groups in total. The molecule has 0 spiro atoms. The normalized spacial score (nSPS) is 11.6. The van der Waals surface area contributed by atoms with Crippen molar-refractivity contribution in [1.29, 1.82) is 0 Å². The number of aryl methyl sites for hydroxylation is 1. The first-order valence-corrected chi connectivity index (χ1v) is 8.37. The van der Waals surface area contributed by atoms with Crippen LogP contribution in [0.3, 0.4) is 0 Å². The average molecular weight is 383 g/mol. The van der Waals surface area contributed by atoms with Crippen LogP contribution in [0.2, 0.25) is 0 Å². The topological polar surface area (TPSA) is 33.5 Å². The minimum absolute atomic E-state index is 0. The first-order chi connectivity index (χ1) is 10.6. The van der Waals surface area contributed by atoms with Gasteiger partial charge in [0.1, 0.15) is 0 Å². The number of halogens is 1. The van der Waals surface area contributed by atoms with E-state index in [4.69, 9.17) is 0 Å². The molecule has 0 saturated carbocycles. The molecule has 0 aromatic heterocycles. The second-order valence-corrected chi connectivity index (χ2v) is 6.24. The Balaban J connectivity index is 0.00000484. The van der Waals surface area contributed by atoms with Gasteiger partial charge in [0.25, 0.3) is 0 Å². The molecule has 0 aliphatic carbocycles. The van der Waals surface area contributed by atoms with E-state index in [-0.39, 0.29) is 28.9 Å². The molecule has 0 heterocycles. The zero-order valence-corrected chi connectivity index (χ0v) is 16.1. The van der Waals surface area contributed by atoms with Crippen molar-refractivity contribution < 1.29 is 26.7 Å². The van der Waals surface area contributed by atoms with Gasteiger partial charge >= 0.3 is 0 Å². The third-order valence-corrected chi connectivity index (χ3v) is 3.87. The lowest BCUT2D eigenvalue weighted by Crippen LogP contribution is -3.05. The molecule has 23 heavy (non-hydrogen) atoms. The van der Waals surface area contributed by atoms with Gasteiger partial charge in [0, 0.05) is 6.04 Å². The fourth-order valence-electron chi connectivity index (χ4n) is 2.62.